The van der Waals surface area contributed by atoms with E-state index in [1.807, 2.05) is 42.6 Å². The van der Waals surface area contributed by atoms with Crippen LogP contribution in [0.3, 0.4) is 0 Å². The first kappa shape index (κ1) is 23.0. The second kappa shape index (κ2) is 8.92. The predicted molar refractivity (Wildman–Crippen MR) is 142 cm³/mol. The van der Waals surface area contributed by atoms with Crippen molar-refractivity contribution in [3.05, 3.63) is 83.8 Å². The highest BCUT2D eigenvalue weighted by Gasteiger charge is 2.27. The van der Waals surface area contributed by atoms with E-state index in [1.165, 1.54) is 12.1 Å². The number of carbonyl (C=O) groups excluding carboxylic acids is 2. The average Bonchev–Trinajstić information content (AvgIpc) is 3.52. The van der Waals surface area contributed by atoms with Crippen molar-refractivity contribution in [3.8, 4) is 22.5 Å². The highest BCUT2D eigenvalue weighted by molar-refractivity contribution is 6.19. The minimum Gasteiger partial charge on any atom is -0.454 e. The van der Waals surface area contributed by atoms with Gasteiger partial charge in [-0.3, -0.25) is 9.59 Å². The molecule has 1 aliphatic carbocycles. The standard InChI is InChI=1S/C30H26FN3O3/c1-16-12-21(13-16)34-29(35)19-5-3-4-18(14-19)23-15-24-25(30(36)32-2)27(17-6-8-20(31)9-7-17)37-28(24)22-10-11-33-26(22)23/h3-11,14-16,21,33H,12-13H2,1-2H3,(H,32,36)(H,34,35). The third-order valence-corrected chi connectivity index (χ3v) is 7.20. The van der Waals surface area contributed by atoms with Gasteiger partial charge >= 0.3 is 0 Å². The molecule has 0 radical (unpaired) electrons. The van der Waals surface area contributed by atoms with E-state index in [0.29, 0.717) is 39.3 Å². The molecule has 0 spiro atoms. The van der Waals surface area contributed by atoms with E-state index < -0.39 is 0 Å². The molecule has 2 amide bonds. The van der Waals surface area contributed by atoms with Gasteiger partial charge in [0, 0.05) is 46.7 Å². The van der Waals surface area contributed by atoms with E-state index in [2.05, 4.69) is 22.5 Å². The Morgan fingerprint density at radius 1 is 0.973 bits per heavy atom. The van der Waals surface area contributed by atoms with Gasteiger partial charge in [-0.05, 0) is 72.9 Å². The minimum absolute atomic E-state index is 0.0875. The minimum atomic E-state index is -0.368. The lowest BCUT2D eigenvalue weighted by Crippen LogP contribution is -2.43. The van der Waals surface area contributed by atoms with Crippen molar-refractivity contribution in [2.45, 2.75) is 25.8 Å². The Morgan fingerprint density at radius 2 is 1.76 bits per heavy atom. The average molecular weight is 496 g/mol. The van der Waals surface area contributed by atoms with Crippen LogP contribution in [-0.2, 0) is 0 Å². The van der Waals surface area contributed by atoms with E-state index in [-0.39, 0.29) is 23.7 Å². The Bertz CT molecular complexity index is 1660. The summed E-state index contributed by atoms with van der Waals surface area (Å²) < 4.78 is 19.9. The Balaban J connectivity index is 1.51. The number of aromatic nitrogens is 1. The number of H-pyrrole nitrogens is 1. The number of amides is 2. The van der Waals surface area contributed by atoms with Crippen LogP contribution in [0.2, 0.25) is 0 Å². The Morgan fingerprint density at radius 3 is 2.49 bits per heavy atom. The molecule has 1 aliphatic rings. The van der Waals surface area contributed by atoms with Crippen LogP contribution in [0.5, 0.6) is 0 Å². The van der Waals surface area contributed by atoms with Crippen LogP contribution in [0.15, 0.2) is 71.3 Å². The summed E-state index contributed by atoms with van der Waals surface area (Å²) >= 11 is 0. The molecule has 0 saturated heterocycles. The SMILES string of the molecule is CNC(=O)c1c(-c2ccc(F)cc2)oc2c1cc(-c1cccc(C(=O)NC3CC(C)C3)c1)c1[nH]ccc12. The first-order valence-corrected chi connectivity index (χ1v) is 12.4. The molecule has 2 aromatic heterocycles. The molecular weight excluding hydrogens is 469 g/mol. The smallest absolute Gasteiger partial charge is 0.255 e. The molecule has 186 valence electrons. The van der Waals surface area contributed by atoms with E-state index in [4.69, 9.17) is 4.42 Å². The van der Waals surface area contributed by atoms with Gasteiger partial charge in [0.25, 0.3) is 11.8 Å². The molecule has 1 fully saturated rings. The molecule has 5 aromatic rings. The van der Waals surface area contributed by atoms with E-state index in [1.54, 1.807) is 19.2 Å². The summed E-state index contributed by atoms with van der Waals surface area (Å²) in [5.74, 6) is 0.260. The molecule has 3 N–H and O–H groups in total. The molecule has 6 nitrogen and oxygen atoms in total. The van der Waals surface area contributed by atoms with Gasteiger partial charge in [-0.1, -0.05) is 19.1 Å². The molecule has 0 unspecified atom stereocenters. The first-order chi connectivity index (χ1) is 17.9. The summed E-state index contributed by atoms with van der Waals surface area (Å²) in [6, 6.07) is 17.4. The monoisotopic (exact) mass is 495 g/mol. The van der Waals surface area contributed by atoms with Crippen molar-refractivity contribution in [2.75, 3.05) is 7.05 Å². The molecule has 37 heavy (non-hydrogen) atoms. The molecule has 0 aliphatic heterocycles. The van der Waals surface area contributed by atoms with Crippen molar-refractivity contribution in [2.24, 2.45) is 5.92 Å². The van der Waals surface area contributed by atoms with Gasteiger partial charge < -0.3 is 20.0 Å². The fourth-order valence-electron chi connectivity index (χ4n) is 5.28. The number of rotatable bonds is 5. The van der Waals surface area contributed by atoms with Crippen molar-refractivity contribution >= 4 is 33.7 Å². The summed E-state index contributed by atoms with van der Waals surface area (Å²) in [7, 11) is 1.57. The molecule has 2 heterocycles. The van der Waals surface area contributed by atoms with E-state index in [9.17, 15) is 14.0 Å². The van der Waals surface area contributed by atoms with Gasteiger partial charge in [0.1, 0.15) is 17.2 Å². The number of benzene rings is 3. The quantitative estimate of drug-likeness (QED) is 0.268. The number of halogens is 1. The number of carbonyl (C=O) groups is 2. The fourth-order valence-corrected chi connectivity index (χ4v) is 5.28. The van der Waals surface area contributed by atoms with Crippen LogP contribution >= 0.6 is 0 Å². The van der Waals surface area contributed by atoms with Gasteiger partial charge in [-0.15, -0.1) is 0 Å². The lowest BCUT2D eigenvalue weighted by atomic mass is 9.82. The highest BCUT2D eigenvalue weighted by atomic mass is 19.1. The Hall–Kier alpha value is -4.39. The van der Waals surface area contributed by atoms with Crippen LogP contribution < -0.4 is 10.6 Å². The van der Waals surface area contributed by atoms with Crippen LogP contribution in [0.4, 0.5) is 4.39 Å². The number of nitrogens with one attached hydrogen (secondary N) is 3. The molecule has 7 heteroatoms. The number of hydrogen-bond donors (Lipinski definition) is 3. The second-order valence-corrected chi connectivity index (χ2v) is 9.79. The van der Waals surface area contributed by atoms with Gasteiger partial charge in [0.05, 0.1) is 11.1 Å². The summed E-state index contributed by atoms with van der Waals surface area (Å²) in [5, 5.41) is 7.27. The van der Waals surface area contributed by atoms with Crippen LogP contribution in [-0.4, -0.2) is 29.9 Å². The molecule has 0 bridgehead atoms. The Labute approximate surface area is 212 Å². The second-order valence-electron chi connectivity index (χ2n) is 9.79. The first-order valence-electron chi connectivity index (χ1n) is 12.4. The maximum absolute atomic E-state index is 13.6. The zero-order valence-corrected chi connectivity index (χ0v) is 20.5. The van der Waals surface area contributed by atoms with Crippen LogP contribution in [0.25, 0.3) is 44.3 Å². The van der Waals surface area contributed by atoms with Crippen molar-refractivity contribution in [1.82, 2.24) is 15.6 Å². The van der Waals surface area contributed by atoms with Gasteiger partial charge in [0.15, 0.2) is 0 Å². The molecule has 0 atom stereocenters. The molecule has 3 aromatic carbocycles. The maximum atomic E-state index is 13.6. The van der Waals surface area contributed by atoms with Crippen molar-refractivity contribution in [1.29, 1.82) is 0 Å². The number of furan rings is 1. The zero-order chi connectivity index (χ0) is 25.7. The van der Waals surface area contributed by atoms with Gasteiger partial charge in [0.2, 0.25) is 0 Å². The number of hydrogen-bond acceptors (Lipinski definition) is 3. The van der Waals surface area contributed by atoms with Gasteiger partial charge in [-0.2, -0.15) is 0 Å². The lowest BCUT2D eigenvalue weighted by molar-refractivity contribution is 0.0895. The largest absolute Gasteiger partial charge is 0.454 e. The number of fused-ring (bicyclic) bond motifs is 3. The highest BCUT2D eigenvalue weighted by Crippen LogP contribution is 2.41. The molecule has 6 rings (SSSR count). The Kier molecular flexibility index (Phi) is 5.56. The zero-order valence-electron chi connectivity index (χ0n) is 20.5. The maximum Gasteiger partial charge on any atom is 0.255 e. The number of aromatic amines is 1. The summed E-state index contributed by atoms with van der Waals surface area (Å²) in [6.45, 7) is 2.19. The lowest BCUT2D eigenvalue weighted by Gasteiger charge is -2.33. The predicted octanol–water partition coefficient (Wildman–Crippen LogP) is 6.28. The fraction of sp³-hybridized carbons (Fsp3) is 0.200. The molecular formula is C30H26FN3O3. The van der Waals surface area contributed by atoms with Crippen LogP contribution in [0, 0.1) is 11.7 Å². The summed E-state index contributed by atoms with van der Waals surface area (Å²) in [5.41, 5.74) is 4.65. The summed E-state index contributed by atoms with van der Waals surface area (Å²) in [6.07, 6.45) is 3.83. The summed E-state index contributed by atoms with van der Waals surface area (Å²) in [4.78, 5) is 29.3. The molecule has 1 saturated carbocycles. The van der Waals surface area contributed by atoms with Crippen molar-refractivity contribution < 1.29 is 18.4 Å². The van der Waals surface area contributed by atoms with E-state index in [0.717, 1.165) is 34.9 Å². The topological polar surface area (TPSA) is 87.1 Å². The third-order valence-electron chi connectivity index (χ3n) is 7.20. The van der Waals surface area contributed by atoms with E-state index >= 15 is 0 Å². The normalized spacial score (nSPS) is 17.1. The van der Waals surface area contributed by atoms with Gasteiger partial charge in [-0.25, -0.2) is 4.39 Å². The van der Waals surface area contributed by atoms with Crippen molar-refractivity contribution in [3.63, 3.8) is 0 Å². The third kappa shape index (κ3) is 3.96. The van der Waals surface area contributed by atoms with Crippen LogP contribution in [0.1, 0.15) is 40.5 Å².